The fraction of sp³-hybridized carbons (Fsp3) is 0.182. The molecule has 3 N–H and O–H groups in total. The molecule has 0 aliphatic rings. The van der Waals surface area contributed by atoms with Crippen LogP contribution in [0.2, 0.25) is 0 Å². The Bertz CT molecular complexity index is 1030. The van der Waals surface area contributed by atoms with Crippen LogP contribution in [0.25, 0.3) is 11.1 Å². The second kappa shape index (κ2) is 7.60. The van der Waals surface area contributed by atoms with Gasteiger partial charge in [0.2, 0.25) is 5.76 Å². The van der Waals surface area contributed by atoms with Crippen LogP contribution in [0.4, 0.5) is 0 Å². The number of rotatable bonds is 6. The number of hydrogen-bond acceptors (Lipinski definition) is 5. The lowest BCUT2D eigenvalue weighted by atomic mass is 9.95. The Labute approximate surface area is 161 Å². The van der Waals surface area contributed by atoms with E-state index in [-0.39, 0.29) is 22.5 Å². The number of carbonyl (C=O) groups is 2. The maximum absolute atomic E-state index is 12.7. The van der Waals surface area contributed by atoms with E-state index in [4.69, 9.17) is 9.52 Å². The minimum Gasteiger partial charge on any atom is -0.504 e. The van der Waals surface area contributed by atoms with Crippen molar-refractivity contribution in [3.63, 3.8) is 0 Å². The van der Waals surface area contributed by atoms with Crippen molar-refractivity contribution in [3.8, 4) is 22.6 Å². The zero-order valence-corrected chi connectivity index (χ0v) is 15.5. The normalized spacial score (nSPS) is 11.0. The smallest absolute Gasteiger partial charge is 0.372 e. The molecule has 28 heavy (non-hydrogen) atoms. The van der Waals surface area contributed by atoms with E-state index >= 15 is 0 Å². The molecule has 6 heteroatoms. The van der Waals surface area contributed by atoms with Crippen LogP contribution in [-0.4, -0.2) is 27.1 Å². The summed E-state index contributed by atoms with van der Waals surface area (Å²) in [4.78, 5) is 24.0. The third kappa shape index (κ3) is 3.62. The summed E-state index contributed by atoms with van der Waals surface area (Å²) in [7, 11) is 0. The number of phenolic OH excluding ortho intramolecular Hbond substituents is 2. The Hall–Kier alpha value is -3.54. The number of aromatic hydroxyl groups is 2. The van der Waals surface area contributed by atoms with Gasteiger partial charge in [-0.3, -0.25) is 4.79 Å². The van der Waals surface area contributed by atoms with Crippen LogP contribution in [0.1, 0.15) is 45.9 Å². The first kappa shape index (κ1) is 19.2. The van der Waals surface area contributed by atoms with Gasteiger partial charge in [0.1, 0.15) is 0 Å². The molecule has 0 amide bonds. The van der Waals surface area contributed by atoms with Crippen LogP contribution in [0.15, 0.2) is 53.1 Å². The molecule has 0 radical (unpaired) electrons. The first-order valence-electron chi connectivity index (χ1n) is 8.79. The molecule has 0 bridgehead atoms. The van der Waals surface area contributed by atoms with Gasteiger partial charge in [-0.05, 0) is 36.1 Å². The molecule has 0 saturated heterocycles. The van der Waals surface area contributed by atoms with Crippen LogP contribution >= 0.6 is 0 Å². The fourth-order valence-corrected chi connectivity index (χ4v) is 3.09. The summed E-state index contributed by atoms with van der Waals surface area (Å²) >= 11 is 0. The highest BCUT2D eigenvalue weighted by Crippen LogP contribution is 2.41. The van der Waals surface area contributed by atoms with E-state index in [0.29, 0.717) is 11.5 Å². The molecule has 0 atom stereocenters. The minimum atomic E-state index is -1.31. The van der Waals surface area contributed by atoms with Gasteiger partial charge in [0.25, 0.3) is 0 Å². The summed E-state index contributed by atoms with van der Waals surface area (Å²) in [5, 5.41) is 29.9. The minimum absolute atomic E-state index is 0.0625. The summed E-state index contributed by atoms with van der Waals surface area (Å²) in [5.74, 6) is -2.80. The number of carbonyl (C=O) groups excluding carboxylic acids is 1. The van der Waals surface area contributed by atoms with Gasteiger partial charge in [0.15, 0.2) is 17.3 Å². The van der Waals surface area contributed by atoms with Crippen LogP contribution < -0.4 is 0 Å². The van der Waals surface area contributed by atoms with Gasteiger partial charge in [-0.1, -0.05) is 38.1 Å². The molecule has 0 unspecified atom stereocenters. The summed E-state index contributed by atoms with van der Waals surface area (Å²) in [6.07, 6.45) is 2.07. The van der Waals surface area contributed by atoms with Crippen molar-refractivity contribution in [2.45, 2.75) is 20.3 Å². The first-order chi connectivity index (χ1) is 13.3. The van der Waals surface area contributed by atoms with Crippen molar-refractivity contribution in [1.82, 2.24) is 0 Å². The highest BCUT2D eigenvalue weighted by atomic mass is 16.4. The van der Waals surface area contributed by atoms with Gasteiger partial charge in [-0.2, -0.15) is 0 Å². The standard InChI is InChI=1S/C22H20O6/c1-12(2)11-13-3-5-14(6-4-13)18(23)17-8-7-15(19(24)20(17)25)16-9-10-28-21(16)22(26)27/h3-10,12,24-25H,11H2,1-2H3,(H,26,27). The number of ketones is 1. The van der Waals surface area contributed by atoms with Gasteiger partial charge in [-0.15, -0.1) is 0 Å². The fourth-order valence-electron chi connectivity index (χ4n) is 3.09. The molecular formula is C22H20O6. The largest absolute Gasteiger partial charge is 0.504 e. The molecule has 0 spiro atoms. The molecule has 6 nitrogen and oxygen atoms in total. The van der Waals surface area contributed by atoms with E-state index in [1.807, 2.05) is 12.1 Å². The van der Waals surface area contributed by atoms with Crippen molar-refractivity contribution < 1.29 is 29.3 Å². The van der Waals surface area contributed by atoms with Crippen molar-refractivity contribution in [2.75, 3.05) is 0 Å². The van der Waals surface area contributed by atoms with Crippen molar-refractivity contribution >= 4 is 11.8 Å². The summed E-state index contributed by atoms with van der Waals surface area (Å²) in [6.45, 7) is 4.22. The van der Waals surface area contributed by atoms with Gasteiger partial charge in [0.05, 0.1) is 11.8 Å². The highest BCUT2D eigenvalue weighted by Gasteiger charge is 2.23. The monoisotopic (exact) mass is 380 g/mol. The second-order valence-corrected chi connectivity index (χ2v) is 6.95. The topological polar surface area (TPSA) is 108 Å². The van der Waals surface area contributed by atoms with Crippen molar-refractivity contribution in [2.24, 2.45) is 5.92 Å². The van der Waals surface area contributed by atoms with Crippen LogP contribution in [0, 0.1) is 5.92 Å². The molecular weight excluding hydrogens is 360 g/mol. The molecule has 2 aromatic carbocycles. The molecule has 144 valence electrons. The van der Waals surface area contributed by atoms with Crippen LogP contribution in [0.5, 0.6) is 11.5 Å². The average molecular weight is 380 g/mol. The van der Waals surface area contributed by atoms with E-state index in [9.17, 15) is 19.8 Å². The van der Waals surface area contributed by atoms with E-state index in [1.54, 1.807) is 12.1 Å². The maximum atomic E-state index is 12.7. The van der Waals surface area contributed by atoms with Crippen LogP contribution in [-0.2, 0) is 6.42 Å². The number of carboxylic acids is 1. The first-order valence-corrected chi connectivity index (χ1v) is 8.79. The van der Waals surface area contributed by atoms with Crippen LogP contribution in [0.3, 0.4) is 0 Å². The van der Waals surface area contributed by atoms with E-state index < -0.39 is 23.3 Å². The van der Waals surface area contributed by atoms with E-state index in [1.165, 1.54) is 24.5 Å². The van der Waals surface area contributed by atoms with Gasteiger partial charge in [0, 0.05) is 16.7 Å². The third-order valence-corrected chi connectivity index (χ3v) is 4.41. The number of aromatic carboxylic acids is 1. The third-order valence-electron chi connectivity index (χ3n) is 4.41. The molecule has 0 fully saturated rings. The zero-order valence-electron chi connectivity index (χ0n) is 15.5. The summed E-state index contributed by atoms with van der Waals surface area (Å²) in [5.41, 5.74) is 1.59. The Morgan fingerprint density at radius 3 is 2.21 bits per heavy atom. The SMILES string of the molecule is CC(C)Cc1ccc(C(=O)c2ccc(-c3ccoc3C(=O)O)c(O)c2O)cc1. The quantitative estimate of drug-likeness (QED) is 0.430. The number of benzene rings is 2. The Morgan fingerprint density at radius 1 is 0.929 bits per heavy atom. The Balaban J connectivity index is 1.95. The molecule has 3 aromatic rings. The number of furan rings is 1. The number of hydrogen-bond donors (Lipinski definition) is 3. The maximum Gasteiger partial charge on any atom is 0.372 e. The van der Waals surface area contributed by atoms with Gasteiger partial charge in [-0.25, -0.2) is 4.79 Å². The highest BCUT2D eigenvalue weighted by molar-refractivity contribution is 6.11. The molecule has 3 rings (SSSR count). The Morgan fingerprint density at radius 2 is 1.61 bits per heavy atom. The van der Waals surface area contributed by atoms with Crippen molar-refractivity contribution in [3.05, 3.63) is 71.2 Å². The summed E-state index contributed by atoms with van der Waals surface area (Å²) < 4.78 is 4.90. The lowest BCUT2D eigenvalue weighted by Gasteiger charge is -2.11. The van der Waals surface area contributed by atoms with Crippen molar-refractivity contribution in [1.29, 1.82) is 0 Å². The molecule has 0 aliphatic heterocycles. The number of carboxylic acid groups (broad SMARTS) is 1. The molecule has 0 aliphatic carbocycles. The van der Waals surface area contributed by atoms with E-state index in [2.05, 4.69) is 13.8 Å². The average Bonchev–Trinajstić information content (AvgIpc) is 3.13. The van der Waals surface area contributed by atoms with Gasteiger partial charge >= 0.3 is 5.97 Å². The lowest BCUT2D eigenvalue weighted by molar-refractivity contribution is 0.0663. The lowest BCUT2D eigenvalue weighted by Crippen LogP contribution is -2.03. The zero-order chi connectivity index (χ0) is 20.4. The predicted octanol–water partition coefficient (Wildman–Crippen LogP) is 4.49. The van der Waals surface area contributed by atoms with Gasteiger partial charge < -0.3 is 19.7 Å². The Kier molecular flexibility index (Phi) is 5.22. The summed E-state index contributed by atoms with van der Waals surface area (Å²) in [6, 6.07) is 11.2. The molecule has 0 saturated carbocycles. The predicted molar refractivity (Wildman–Crippen MR) is 103 cm³/mol. The molecule has 1 aromatic heterocycles. The number of phenols is 2. The van der Waals surface area contributed by atoms with E-state index in [0.717, 1.165) is 12.0 Å². The molecule has 1 heterocycles. The second-order valence-electron chi connectivity index (χ2n) is 6.95.